The van der Waals surface area contributed by atoms with Gasteiger partial charge in [0, 0.05) is 5.56 Å². The van der Waals surface area contributed by atoms with Crippen molar-refractivity contribution in [1.82, 2.24) is 14.8 Å². The lowest BCUT2D eigenvalue weighted by Crippen LogP contribution is -2.02. The van der Waals surface area contributed by atoms with Crippen LogP contribution in [0.15, 0.2) is 22.8 Å². The summed E-state index contributed by atoms with van der Waals surface area (Å²) in [6, 6.07) is 3.29. The largest absolute Gasteiger partial charge is 0.404 e. The molecule has 0 bridgehead atoms. The zero-order chi connectivity index (χ0) is 13.3. The van der Waals surface area contributed by atoms with E-state index in [2.05, 4.69) is 26.0 Å². The van der Waals surface area contributed by atoms with E-state index >= 15 is 0 Å². The summed E-state index contributed by atoms with van der Waals surface area (Å²) in [5, 5.41) is 15.0. The summed E-state index contributed by atoms with van der Waals surface area (Å²) in [6.07, 6.45) is 1.50. The van der Waals surface area contributed by atoms with Crippen molar-refractivity contribution in [3.8, 4) is 0 Å². The Bertz CT molecular complexity index is 617. The van der Waals surface area contributed by atoms with Gasteiger partial charge >= 0.3 is 5.82 Å². The average molecular weight is 352 g/mol. The van der Waals surface area contributed by atoms with Crippen molar-refractivity contribution >= 4 is 44.9 Å². The number of nitro groups is 1. The lowest BCUT2D eigenvalue weighted by atomic mass is 10.3. The van der Waals surface area contributed by atoms with Gasteiger partial charge in [0.05, 0.1) is 17.8 Å². The summed E-state index contributed by atoms with van der Waals surface area (Å²) in [4.78, 5) is 14.0. The third-order valence-corrected chi connectivity index (χ3v) is 3.19. The minimum Gasteiger partial charge on any atom is -0.358 e. The third kappa shape index (κ3) is 2.80. The van der Waals surface area contributed by atoms with Gasteiger partial charge < -0.3 is 10.1 Å². The standard InChI is InChI=1S/C9H5BrCl2N4O2/c10-6-4-15(14-9(6)16(17)18)3-5-1-2-7(11)13-8(5)12/h1-2,4H,3H2. The van der Waals surface area contributed by atoms with Crippen LogP contribution in [0.4, 0.5) is 5.82 Å². The van der Waals surface area contributed by atoms with Crippen molar-refractivity contribution in [2.24, 2.45) is 0 Å². The van der Waals surface area contributed by atoms with Crippen LogP contribution in [0.2, 0.25) is 10.3 Å². The van der Waals surface area contributed by atoms with E-state index in [1.54, 1.807) is 12.1 Å². The predicted molar refractivity (Wildman–Crippen MR) is 69.9 cm³/mol. The van der Waals surface area contributed by atoms with Gasteiger partial charge in [-0.3, -0.25) is 0 Å². The summed E-state index contributed by atoms with van der Waals surface area (Å²) in [5.74, 6) is -0.243. The topological polar surface area (TPSA) is 73.8 Å². The molecule has 2 aromatic heterocycles. The van der Waals surface area contributed by atoms with Crippen molar-refractivity contribution in [1.29, 1.82) is 0 Å². The smallest absolute Gasteiger partial charge is 0.358 e. The first-order valence-electron chi connectivity index (χ1n) is 4.65. The molecule has 2 heterocycles. The van der Waals surface area contributed by atoms with Crippen molar-refractivity contribution in [3.63, 3.8) is 0 Å². The van der Waals surface area contributed by atoms with Crippen LogP contribution in [0.1, 0.15) is 5.56 Å². The highest BCUT2D eigenvalue weighted by Crippen LogP contribution is 2.24. The van der Waals surface area contributed by atoms with Crippen LogP contribution in [0.25, 0.3) is 0 Å². The van der Waals surface area contributed by atoms with Crippen LogP contribution in [0, 0.1) is 10.1 Å². The lowest BCUT2D eigenvalue weighted by molar-refractivity contribution is -0.390. The van der Waals surface area contributed by atoms with Crippen LogP contribution in [0.5, 0.6) is 0 Å². The molecular formula is C9H5BrCl2N4O2. The van der Waals surface area contributed by atoms with E-state index in [4.69, 9.17) is 23.2 Å². The van der Waals surface area contributed by atoms with Crippen LogP contribution >= 0.6 is 39.1 Å². The van der Waals surface area contributed by atoms with Crippen molar-refractivity contribution in [3.05, 3.63) is 48.8 Å². The maximum Gasteiger partial charge on any atom is 0.404 e. The zero-order valence-corrected chi connectivity index (χ0v) is 11.8. The SMILES string of the molecule is O=[N+]([O-])c1nn(Cc2ccc(Cl)nc2Cl)cc1Br. The summed E-state index contributed by atoms with van der Waals surface area (Å²) in [7, 11) is 0. The number of nitrogens with zero attached hydrogens (tertiary/aromatic N) is 4. The molecular weight excluding hydrogens is 347 g/mol. The van der Waals surface area contributed by atoms with Crippen LogP contribution in [0.3, 0.4) is 0 Å². The first-order valence-corrected chi connectivity index (χ1v) is 6.20. The molecule has 2 aromatic rings. The third-order valence-electron chi connectivity index (χ3n) is 2.10. The highest BCUT2D eigenvalue weighted by atomic mass is 79.9. The predicted octanol–water partition coefficient (Wildman–Crippen LogP) is 3.30. The highest BCUT2D eigenvalue weighted by molar-refractivity contribution is 9.10. The van der Waals surface area contributed by atoms with Gasteiger partial charge in [0.15, 0.2) is 0 Å². The maximum absolute atomic E-state index is 10.6. The first kappa shape index (κ1) is 13.3. The Morgan fingerprint density at radius 3 is 2.72 bits per heavy atom. The molecule has 2 rings (SSSR count). The van der Waals surface area contributed by atoms with Gasteiger partial charge in [0.1, 0.15) is 14.8 Å². The number of rotatable bonds is 3. The molecule has 0 radical (unpaired) electrons. The van der Waals surface area contributed by atoms with E-state index in [0.29, 0.717) is 10.0 Å². The van der Waals surface area contributed by atoms with E-state index in [1.165, 1.54) is 10.9 Å². The van der Waals surface area contributed by atoms with Crippen molar-refractivity contribution in [2.45, 2.75) is 6.54 Å². The minimum absolute atomic E-state index is 0.243. The molecule has 0 aromatic carbocycles. The highest BCUT2D eigenvalue weighted by Gasteiger charge is 2.19. The molecule has 0 unspecified atom stereocenters. The molecule has 0 aliphatic carbocycles. The molecule has 0 amide bonds. The molecule has 9 heteroatoms. The first-order chi connectivity index (χ1) is 8.47. The fraction of sp³-hybridized carbons (Fsp3) is 0.111. The normalized spacial score (nSPS) is 10.6. The van der Waals surface area contributed by atoms with Crippen LogP contribution in [-0.4, -0.2) is 19.7 Å². The maximum atomic E-state index is 10.6. The quantitative estimate of drug-likeness (QED) is 0.483. The molecule has 0 aliphatic heterocycles. The molecule has 94 valence electrons. The van der Waals surface area contributed by atoms with Gasteiger partial charge in [-0.15, -0.1) is 0 Å². The zero-order valence-electron chi connectivity index (χ0n) is 8.68. The second-order valence-corrected chi connectivity index (χ2v) is 4.94. The Kier molecular flexibility index (Phi) is 3.84. The molecule has 0 N–H and O–H groups in total. The average Bonchev–Trinajstić information content (AvgIpc) is 2.64. The molecule has 6 nitrogen and oxygen atoms in total. The van der Waals surface area contributed by atoms with Gasteiger partial charge in [-0.05, 0) is 26.9 Å². The van der Waals surface area contributed by atoms with Crippen LogP contribution < -0.4 is 0 Å². The van der Waals surface area contributed by atoms with E-state index in [9.17, 15) is 10.1 Å². The molecule has 0 atom stereocenters. The second-order valence-electron chi connectivity index (χ2n) is 3.34. The molecule has 0 aliphatic rings. The Morgan fingerprint density at radius 1 is 1.44 bits per heavy atom. The summed E-state index contributed by atoms with van der Waals surface area (Å²) in [6.45, 7) is 0.273. The number of hydrogen-bond acceptors (Lipinski definition) is 4. The monoisotopic (exact) mass is 350 g/mol. The lowest BCUT2D eigenvalue weighted by Gasteiger charge is -2.01. The van der Waals surface area contributed by atoms with Gasteiger partial charge in [0.25, 0.3) is 0 Å². The van der Waals surface area contributed by atoms with Gasteiger partial charge in [-0.2, -0.15) is 4.68 Å². The van der Waals surface area contributed by atoms with E-state index in [0.717, 1.165) is 0 Å². The Morgan fingerprint density at radius 2 is 2.17 bits per heavy atom. The summed E-state index contributed by atoms with van der Waals surface area (Å²) >= 11 is 14.6. The Hall–Kier alpha value is -1.18. The van der Waals surface area contributed by atoms with Crippen molar-refractivity contribution in [2.75, 3.05) is 0 Å². The van der Waals surface area contributed by atoms with Gasteiger partial charge in [-0.25, -0.2) is 4.98 Å². The Labute approximate surface area is 120 Å². The molecule has 0 saturated carbocycles. The number of pyridine rings is 1. The molecule has 0 fully saturated rings. The minimum atomic E-state index is -0.567. The summed E-state index contributed by atoms with van der Waals surface area (Å²) in [5.41, 5.74) is 0.672. The van der Waals surface area contributed by atoms with Gasteiger partial charge in [-0.1, -0.05) is 29.3 Å². The van der Waals surface area contributed by atoms with Crippen molar-refractivity contribution < 1.29 is 4.92 Å². The second kappa shape index (κ2) is 5.21. The molecule has 0 spiro atoms. The summed E-state index contributed by atoms with van der Waals surface area (Å²) < 4.78 is 1.71. The van der Waals surface area contributed by atoms with E-state index in [1.807, 2.05) is 0 Å². The number of hydrogen-bond donors (Lipinski definition) is 0. The number of aromatic nitrogens is 3. The van der Waals surface area contributed by atoms with Crippen LogP contribution in [-0.2, 0) is 6.54 Å². The molecule has 18 heavy (non-hydrogen) atoms. The fourth-order valence-electron chi connectivity index (χ4n) is 1.33. The van der Waals surface area contributed by atoms with Gasteiger partial charge in [0.2, 0.25) is 0 Å². The number of halogens is 3. The Balaban J connectivity index is 2.29. The molecule has 0 saturated heterocycles. The van der Waals surface area contributed by atoms with E-state index < -0.39 is 4.92 Å². The fourth-order valence-corrected chi connectivity index (χ4v) is 2.19. The van der Waals surface area contributed by atoms with E-state index in [-0.39, 0.29) is 22.7 Å².